The molecule has 3 amide bonds. The fraction of sp³-hybridized carbons (Fsp3) is 0.389. The summed E-state index contributed by atoms with van der Waals surface area (Å²) < 4.78 is 0. The molecule has 25 heavy (non-hydrogen) atoms. The number of nitrogens with zero attached hydrogens (tertiary/aromatic N) is 1. The molecule has 134 valence electrons. The number of imide groups is 1. The average molecular weight is 365 g/mol. The van der Waals surface area contributed by atoms with Gasteiger partial charge in [0.05, 0.1) is 6.42 Å². The summed E-state index contributed by atoms with van der Waals surface area (Å²) in [5.41, 5.74) is 2.87. The smallest absolute Gasteiger partial charge is 0.256 e. The lowest BCUT2D eigenvalue weighted by molar-refractivity contribution is -0.137. The van der Waals surface area contributed by atoms with Crippen molar-refractivity contribution >= 4 is 35.4 Å². The van der Waals surface area contributed by atoms with Crippen LogP contribution in [0.2, 0.25) is 5.02 Å². The molecule has 1 aliphatic heterocycles. The predicted octanol–water partition coefficient (Wildman–Crippen LogP) is 2.94. The van der Waals surface area contributed by atoms with Crippen molar-refractivity contribution < 1.29 is 19.6 Å². The molecule has 0 bridgehead atoms. The Balaban J connectivity index is 1.82. The summed E-state index contributed by atoms with van der Waals surface area (Å²) in [6, 6.07) is 7.13. The number of benzene rings is 1. The number of halogens is 1. The Morgan fingerprint density at radius 3 is 2.72 bits per heavy atom. The van der Waals surface area contributed by atoms with E-state index in [9.17, 15) is 14.4 Å². The summed E-state index contributed by atoms with van der Waals surface area (Å²) >= 11 is 5.93. The highest BCUT2D eigenvalue weighted by atomic mass is 35.5. The number of nitrogens with one attached hydrogen (secondary N) is 1. The minimum atomic E-state index is -0.402. The molecule has 2 rings (SSSR count). The molecule has 6 nitrogen and oxygen atoms in total. The number of hydrogen-bond acceptors (Lipinski definition) is 4. The first-order chi connectivity index (χ1) is 12.0. The molecule has 1 aromatic carbocycles. The molecule has 1 heterocycles. The van der Waals surface area contributed by atoms with E-state index >= 15 is 0 Å². The number of unbranched alkanes of at least 4 members (excludes halogenated alkanes) is 3. The Labute approximate surface area is 151 Å². The van der Waals surface area contributed by atoms with E-state index < -0.39 is 5.91 Å². The third kappa shape index (κ3) is 5.69. The number of carbonyl (C=O) groups excluding carboxylic acids is 3. The first-order valence-electron chi connectivity index (χ1n) is 8.25. The van der Waals surface area contributed by atoms with Crippen molar-refractivity contribution in [3.8, 4) is 0 Å². The van der Waals surface area contributed by atoms with E-state index in [1.54, 1.807) is 29.8 Å². The van der Waals surface area contributed by atoms with E-state index in [0.717, 1.165) is 18.4 Å². The Bertz CT molecular complexity index is 687. The van der Waals surface area contributed by atoms with Crippen molar-refractivity contribution in [1.82, 2.24) is 10.4 Å². The molecule has 1 aromatic rings. The minimum absolute atomic E-state index is 0.113. The van der Waals surface area contributed by atoms with Gasteiger partial charge in [-0.05, 0) is 36.6 Å². The van der Waals surface area contributed by atoms with Crippen LogP contribution in [-0.2, 0) is 14.4 Å². The molecule has 0 aromatic heterocycles. The summed E-state index contributed by atoms with van der Waals surface area (Å²) in [6.45, 7) is 0.386. The number of carbonyl (C=O) groups is 3. The second kappa shape index (κ2) is 9.34. The molecule has 1 saturated heterocycles. The number of likely N-dealkylation sites (tertiary alicyclic amines) is 1. The van der Waals surface area contributed by atoms with Crippen LogP contribution in [0, 0.1) is 0 Å². The van der Waals surface area contributed by atoms with Crippen molar-refractivity contribution in [2.75, 3.05) is 6.54 Å². The second-order valence-electron chi connectivity index (χ2n) is 5.95. The van der Waals surface area contributed by atoms with Crippen molar-refractivity contribution in [3.63, 3.8) is 0 Å². The standard InChI is InChI=1S/C18H21ClN2O4/c19-15-7-5-6-13(11-15)10-14-12-17(23)21(18(14)24)9-4-2-1-3-8-16(22)20-25/h5-7,10-11,25H,1-4,8-9,12H2,(H,20,22)/b14-10+. The second-order valence-corrected chi connectivity index (χ2v) is 6.39. The van der Waals surface area contributed by atoms with Crippen LogP contribution in [0.1, 0.15) is 44.1 Å². The van der Waals surface area contributed by atoms with Crippen LogP contribution in [0.5, 0.6) is 0 Å². The number of rotatable bonds is 8. The first kappa shape index (κ1) is 19.1. The summed E-state index contributed by atoms with van der Waals surface area (Å²) in [4.78, 5) is 36.6. The molecule has 0 atom stereocenters. The van der Waals surface area contributed by atoms with Crippen molar-refractivity contribution in [2.45, 2.75) is 38.5 Å². The first-order valence-corrected chi connectivity index (χ1v) is 8.63. The van der Waals surface area contributed by atoms with Gasteiger partial charge in [0.1, 0.15) is 0 Å². The Morgan fingerprint density at radius 2 is 2.00 bits per heavy atom. The molecule has 7 heteroatoms. The quantitative estimate of drug-likeness (QED) is 0.244. The van der Waals surface area contributed by atoms with Gasteiger partial charge in [-0.15, -0.1) is 0 Å². The van der Waals surface area contributed by atoms with Gasteiger partial charge in [0.25, 0.3) is 5.91 Å². The fourth-order valence-electron chi connectivity index (χ4n) is 2.72. The van der Waals surface area contributed by atoms with E-state index in [1.165, 1.54) is 4.90 Å². The van der Waals surface area contributed by atoms with Gasteiger partial charge in [0.15, 0.2) is 0 Å². The molecular weight excluding hydrogens is 344 g/mol. The van der Waals surface area contributed by atoms with Gasteiger partial charge in [-0.2, -0.15) is 0 Å². The van der Waals surface area contributed by atoms with Crippen LogP contribution in [0.15, 0.2) is 29.8 Å². The van der Waals surface area contributed by atoms with Crippen LogP contribution < -0.4 is 5.48 Å². The van der Waals surface area contributed by atoms with Gasteiger partial charge in [0.2, 0.25) is 11.8 Å². The molecule has 1 aliphatic rings. The normalized spacial score (nSPS) is 15.9. The number of hydroxylamine groups is 1. The SMILES string of the molecule is O=C(CCCCCCN1C(=O)C/C(=C\c2cccc(Cl)c2)C1=O)NO. The zero-order valence-corrected chi connectivity index (χ0v) is 14.6. The van der Waals surface area contributed by atoms with Gasteiger partial charge in [-0.25, -0.2) is 5.48 Å². The van der Waals surface area contributed by atoms with Crippen LogP contribution in [0.4, 0.5) is 0 Å². The molecule has 1 fully saturated rings. The highest BCUT2D eigenvalue weighted by Gasteiger charge is 2.32. The van der Waals surface area contributed by atoms with Gasteiger partial charge in [-0.3, -0.25) is 24.5 Å². The maximum Gasteiger partial charge on any atom is 0.256 e. The average Bonchev–Trinajstić information content (AvgIpc) is 2.84. The lowest BCUT2D eigenvalue weighted by atomic mass is 10.1. The zero-order chi connectivity index (χ0) is 18.2. The molecule has 2 N–H and O–H groups in total. The van der Waals surface area contributed by atoms with E-state index in [-0.39, 0.29) is 24.7 Å². The van der Waals surface area contributed by atoms with Gasteiger partial charge in [-0.1, -0.05) is 36.6 Å². The largest absolute Gasteiger partial charge is 0.289 e. The van der Waals surface area contributed by atoms with Crippen LogP contribution in [-0.4, -0.2) is 34.4 Å². The topological polar surface area (TPSA) is 86.7 Å². The van der Waals surface area contributed by atoms with Crippen LogP contribution in [0.25, 0.3) is 6.08 Å². The van der Waals surface area contributed by atoms with Crippen molar-refractivity contribution in [1.29, 1.82) is 0 Å². The minimum Gasteiger partial charge on any atom is -0.289 e. The van der Waals surface area contributed by atoms with E-state index in [0.29, 0.717) is 30.0 Å². The van der Waals surface area contributed by atoms with Crippen molar-refractivity contribution in [2.24, 2.45) is 0 Å². The maximum absolute atomic E-state index is 12.4. The number of hydrogen-bond donors (Lipinski definition) is 2. The zero-order valence-electron chi connectivity index (χ0n) is 13.8. The molecule has 0 radical (unpaired) electrons. The van der Waals surface area contributed by atoms with Crippen molar-refractivity contribution in [3.05, 3.63) is 40.4 Å². The lowest BCUT2D eigenvalue weighted by Crippen LogP contribution is -2.30. The monoisotopic (exact) mass is 364 g/mol. The fourth-order valence-corrected chi connectivity index (χ4v) is 2.92. The van der Waals surface area contributed by atoms with E-state index in [1.807, 2.05) is 6.07 Å². The Kier molecular flexibility index (Phi) is 7.16. The summed E-state index contributed by atoms with van der Waals surface area (Å²) in [6.07, 6.45) is 5.06. The molecule has 0 aliphatic carbocycles. The van der Waals surface area contributed by atoms with Gasteiger partial charge < -0.3 is 0 Å². The van der Waals surface area contributed by atoms with Crippen LogP contribution >= 0.6 is 11.6 Å². The number of amides is 3. The Morgan fingerprint density at radius 1 is 1.24 bits per heavy atom. The lowest BCUT2D eigenvalue weighted by Gasteiger charge is -2.13. The van der Waals surface area contributed by atoms with Gasteiger partial charge >= 0.3 is 0 Å². The molecule has 0 unspecified atom stereocenters. The molecule has 0 spiro atoms. The van der Waals surface area contributed by atoms with E-state index in [2.05, 4.69) is 0 Å². The molecule has 0 saturated carbocycles. The third-order valence-electron chi connectivity index (χ3n) is 4.01. The summed E-state index contributed by atoms with van der Waals surface area (Å²) in [5.74, 6) is -0.830. The van der Waals surface area contributed by atoms with Crippen LogP contribution in [0.3, 0.4) is 0 Å². The molecular formula is C18H21ClN2O4. The van der Waals surface area contributed by atoms with E-state index in [4.69, 9.17) is 16.8 Å². The summed E-state index contributed by atoms with van der Waals surface area (Å²) in [5, 5.41) is 8.97. The predicted molar refractivity (Wildman–Crippen MR) is 93.8 cm³/mol. The third-order valence-corrected chi connectivity index (χ3v) is 4.25. The van der Waals surface area contributed by atoms with Gasteiger partial charge in [0, 0.05) is 23.6 Å². The highest BCUT2D eigenvalue weighted by molar-refractivity contribution is 6.30. The maximum atomic E-state index is 12.4. The Hall–Kier alpha value is -2.18. The summed E-state index contributed by atoms with van der Waals surface area (Å²) in [7, 11) is 0. The highest BCUT2D eigenvalue weighted by Crippen LogP contribution is 2.23.